The quantitative estimate of drug-likeness (QED) is 0.649. The predicted octanol–water partition coefficient (Wildman–Crippen LogP) is 2.64. The average molecular weight is 302 g/mol. The lowest BCUT2D eigenvalue weighted by atomic mass is 9.94. The molecule has 1 unspecified atom stereocenters. The van der Waals surface area contributed by atoms with Crippen molar-refractivity contribution in [3.63, 3.8) is 0 Å². The molecule has 0 aliphatic carbocycles. The van der Waals surface area contributed by atoms with Gasteiger partial charge in [-0.05, 0) is 57.8 Å². The van der Waals surface area contributed by atoms with Gasteiger partial charge in [-0.2, -0.15) is 0 Å². The second-order valence-electron chi connectivity index (χ2n) is 6.31. The number of nitrogens with one attached hydrogen (secondary N) is 2. The number of likely N-dealkylation sites (tertiary alicyclic amines) is 1. The Hall–Kier alpha value is -1.55. The summed E-state index contributed by atoms with van der Waals surface area (Å²) in [5.41, 5.74) is 1.28. The first-order valence-electron chi connectivity index (χ1n) is 8.39. The summed E-state index contributed by atoms with van der Waals surface area (Å²) in [6.45, 7) is 5.64. The number of hydrogen-bond acceptors (Lipinski definition) is 2. The molecule has 1 fully saturated rings. The van der Waals surface area contributed by atoms with Crippen molar-refractivity contribution in [1.29, 1.82) is 0 Å². The molecule has 1 aromatic rings. The third-order valence-electron chi connectivity index (χ3n) is 4.56. The molecule has 0 spiro atoms. The van der Waals surface area contributed by atoms with Crippen molar-refractivity contribution in [2.24, 2.45) is 10.9 Å². The van der Waals surface area contributed by atoms with E-state index in [9.17, 15) is 0 Å². The van der Waals surface area contributed by atoms with Gasteiger partial charge in [-0.15, -0.1) is 0 Å². The van der Waals surface area contributed by atoms with Crippen molar-refractivity contribution in [3.8, 4) is 0 Å². The maximum absolute atomic E-state index is 4.33. The number of hydrogen-bond donors (Lipinski definition) is 2. The van der Waals surface area contributed by atoms with Crippen molar-refractivity contribution in [2.75, 3.05) is 33.7 Å². The van der Waals surface area contributed by atoms with E-state index in [1.165, 1.54) is 37.9 Å². The van der Waals surface area contributed by atoms with Crippen LogP contribution in [0.2, 0.25) is 0 Å². The van der Waals surface area contributed by atoms with Crippen molar-refractivity contribution >= 4 is 5.96 Å². The molecule has 1 aromatic carbocycles. The van der Waals surface area contributed by atoms with Crippen molar-refractivity contribution < 1.29 is 0 Å². The highest BCUT2D eigenvalue weighted by Gasteiger charge is 2.16. The molecule has 4 heteroatoms. The lowest BCUT2D eigenvalue weighted by molar-refractivity contribution is 0.213. The highest BCUT2D eigenvalue weighted by atomic mass is 15.2. The average Bonchev–Trinajstić information content (AvgIpc) is 2.56. The third kappa shape index (κ3) is 5.34. The summed E-state index contributed by atoms with van der Waals surface area (Å²) >= 11 is 0. The summed E-state index contributed by atoms with van der Waals surface area (Å²) in [6, 6.07) is 10.7. The Bertz CT molecular complexity index is 449. The molecule has 1 aliphatic rings. The first-order chi connectivity index (χ1) is 10.7. The highest BCUT2D eigenvalue weighted by Crippen LogP contribution is 2.18. The number of rotatable bonds is 5. The fourth-order valence-corrected chi connectivity index (χ4v) is 2.97. The molecule has 0 aromatic heterocycles. The van der Waals surface area contributed by atoms with E-state index in [1.54, 1.807) is 0 Å². The van der Waals surface area contributed by atoms with E-state index in [0.717, 1.165) is 18.4 Å². The smallest absolute Gasteiger partial charge is 0.191 e. The number of benzene rings is 1. The van der Waals surface area contributed by atoms with Crippen LogP contribution >= 0.6 is 0 Å². The second-order valence-corrected chi connectivity index (χ2v) is 6.31. The molecule has 122 valence electrons. The van der Waals surface area contributed by atoms with Gasteiger partial charge in [0.1, 0.15) is 0 Å². The predicted molar refractivity (Wildman–Crippen MR) is 94.2 cm³/mol. The maximum atomic E-state index is 4.33. The molecule has 1 heterocycles. The van der Waals surface area contributed by atoms with Crippen LogP contribution in [0.1, 0.15) is 37.8 Å². The minimum Gasteiger partial charge on any atom is -0.356 e. The van der Waals surface area contributed by atoms with Crippen LogP contribution in [0.4, 0.5) is 0 Å². The minimum absolute atomic E-state index is 0.260. The van der Waals surface area contributed by atoms with Gasteiger partial charge in [0, 0.05) is 13.6 Å². The lowest BCUT2D eigenvalue weighted by Crippen LogP contribution is -2.40. The molecular weight excluding hydrogens is 272 g/mol. The molecule has 22 heavy (non-hydrogen) atoms. The first kappa shape index (κ1) is 16.8. The van der Waals surface area contributed by atoms with Crippen LogP contribution < -0.4 is 10.6 Å². The standard InChI is InChI=1S/C18H30N4/c1-15(17-7-5-4-6-8-17)21-18(19-2)20-12-9-16-10-13-22(3)14-11-16/h4-8,15-16H,9-14H2,1-3H3,(H2,19,20,21). The second kappa shape index (κ2) is 8.79. The van der Waals surface area contributed by atoms with Gasteiger partial charge in [-0.25, -0.2) is 0 Å². The molecule has 1 aliphatic heterocycles. The van der Waals surface area contributed by atoms with E-state index in [4.69, 9.17) is 0 Å². The number of aliphatic imine (C=N–C) groups is 1. The zero-order valence-corrected chi connectivity index (χ0v) is 14.2. The van der Waals surface area contributed by atoms with Crippen LogP contribution in [0.15, 0.2) is 35.3 Å². The van der Waals surface area contributed by atoms with E-state index in [0.29, 0.717) is 0 Å². The Morgan fingerprint density at radius 3 is 2.59 bits per heavy atom. The first-order valence-corrected chi connectivity index (χ1v) is 8.39. The minimum atomic E-state index is 0.260. The van der Waals surface area contributed by atoms with Gasteiger partial charge in [-0.1, -0.05) is 30.3 Å². The zero-order valence-electron chi connectivity index (χ0n) is 14.2. The van der Waals surface area contributed by atoms with Gasteiger partial charge < -0.3 is 15.5 Å². The van der Waals surface area contributed by atoms with E-state index >= 15 is 0 Å². The number of guanidine groups is 1. The molecule has 0 radical (unpaired) electrons. The van der Waals surface area contributed by atoms with Crippen molar-refractivity contribution in [3.05, 3.63) is 35.9 Å². The summed E-state index contributed by atoms with van der Waals surface area (Å²) in [7, 11) is 4.05. The Labute approximate surface area is 135 Å². The van der Waals surface area contributed by atoms with Gasteiger partial charge in [0.15, 0.2) is 5.96 Å². The van der Waals surface area contributed by atoms with Crippen LogP contribution in [0.5, 0.6) is 0 Å². The summed E-state index contributed by atoms with van der Waals surface area (Å²) in [4.78, 5) is 6.76. The number of piperidine rings is 1. The summed E-state index contributed by atoms with van der Waals surface area (Å²) in [5, 5.41) is 6.91. The number of nitrogens with zero attached hydrogens (tertiary/aromatic N) is 2. The lowest BCUT2D eigenvalue weighted by Gasteiger charge is -2.29. The normalized spacial score (nSPS) is 19.0. The maximum Gasteiger partial charge on any atom is 0.191 e. The van der Waals surface area contributed by atoms with Gasteiger partial charge >= 0.3 is 0 Å². The Balaban J connectivity index is 1.71. The van der Waals surface area contributed by atoms with Gasteiger partial charge in [0.05, 0.1) is 6.04 Å². The highest BCUT2D eigenvalue weighted by molar-refractivity contribution is 5.80. The fourth-order valence-electron chi connectivity index (χ4n) is 2.97. The largest absolute Gasteiger partial charge is 0.356 e. The topological polar surface area (TPSA) is 39.7 Å². The van der Waals surface area contributed by atoms with Crippen molar-refractivity contribution in [1.82, 2.24) is 15.5 Å². The molecule has 0 saturated carbocycles. The molecule has 0 bridgehead atoms. The summed E-state index contributed by atoms with van der Waals surface area (Å²) < 4.78 is 0. The summed E-state index contributed by atoms with van der Waals surface area (Å²) in [5.74, 6) is 1.75. The fraction of sp³-hybridized carbons (Fsp3) is 0.611. The molecule has 1 saturated heterocycles. The van der Waals surface area contributed by atoms with Gasteiger partial charge in [0.2, 0.25) is 0 Å². The molecular formula is C18H30N4. The van der Waals surface area contributed by atoms with E-state index < -0.39 is 0 Å². The van der Waals surface area contributed by atoms with Gasteiger partial charge in [0.25, 0.3) is 0 Å². The zero-order chi connectivity index (χ0) is 15.8. The van der Waals surface area contributed by atoms with E-state index in [-0.39, 0.29) is 6.04 Å². The Morgan fingerprint density at radius 1 is 1.27 bits per heavy atom. The van der Waals surface area contributed by atoms with Crippen molar-refractivity contribution in [2.45, 2.75) is 32.2 Å². The molecule has 4 nitrogen and oxygen atoms in total. The van der Waals surface area contributed by atoms with Crippen LogP contribution in [0, 0.1) is 5.92 Å². The molecule has 1 atom stereocenters. The molecule has 0 amide bonds. The molecule has 2 rings (SSSR count). The SMILES string of the molecule is CN=C(NCCC1CCN(C)CC1)NC(C)c1ccccc1. The van der Waals surface area contributed by atoms with Crippen LogP contribution in [-0.2, 0) is 0 Å². The third-order valence-corrected chi connectivity index (χ3v) is 4.56. The van der Waals surface area contributed by atoms with Crippen LogP contribution in [0.3, 0.4) is 0 Å². The van der Waals surface area contributed by atoms with E-state index in [2.05, 4.69) is 58.8 Å². The Morgan fingerprint density at radius 2 is 1.95 bits per heavy atom. The summed E-state index contributed by atoms with van der Waals surface area (Å²) in [6.07, 6.45) is 3.88. The molecule has 2 N–H and O–H groups in total. The Kier molecular flexibility index (Phi) is 6.72. The van der Waals surface area contributed by atoms with Gasteiger partial charge in [-0.3, -0.25) is 4.99 Å². The van der Waals surface area contributed by atoms with Crippen LogP contribution in [-0.4, -0.2) is 44.6 Å². The van der Waals surface area contributed by atoms with Crippen LogP contribution in [0.25, 0.3) is 0 Å². The monoisotopic (exact) mass is 302 g/mol. The van der Waals surface area contributed by atoms with E-state index in [1.807, 2.05) is 13.1 Å².